The van der Waals surface area contributed by atoms with Gasteiger partial charge in [-0.25, -0.2) is 0 Å². The van der Waals surface area contributed by atoms with Gasteiger partial charge in [0.25, 0.3) is 0 Å². The van der Waals surface area contributed by atoms with E-state index in [1.807, 2.05) is 0 Å². The molecule has 0 saturated carbocycles. The Kier molecular flexibility index (Phi) is 7.83. The molecule has 0 aliphatic heterocycles. The lowest BCUT2D eigenvalue weighted by Crippen LogP contribution is -2.20. The van der Waals surface area contributed by atoms with Crippen molar-refractivity contribution >= 4 is 49.5 Å². The van der Waals surface area contributed by atoms with Crippen molar-refractivity contribution in [1.29, 1.82) is 0 Å². The highest BCUT2D eigenvalue weighted by Gasteiger charge is 2.36. The number of hydrogen-bond donors (Lipinski definition) is 0. The smallest absolute Gasteiger partial charge is 0.0541 e. The quantitative estimate of drug-likeness (QED) is 0.165. The highest BCUT2D eigenvalue weighted by Crippen LogP contribution is 2.51. The molecule has 0 spiro atoms. The van der Waals surface area contributed by atoms with Gasteiger partial charge in [0.05, 0.1) is 11.0 Å². The number of aromatic nitrogens is 1. The molecule has 2 heteroatoms. The molecule has 1 unspecified atom stereocenters. The van der Waals surface area contributed by atoms with Crippen molar-refractivity contribution in [3.63, 3.8) is 0 Å². The van der Waals surface area contributed by atoms with Gasteiger partial charge in [0, 0.05) is 44.9 Å². The van der Waals surface area contributed by atoms with Crippen molar-refractivity contribution in [1.82, 2.24) is 4.57 Å². The maximum Gasteiger partial charge on any atom is 0.0541 e. The molecule has 0 bridgehead atoms. The molecule has 8 aromatic rings. The van der Waals surface area contributed by atoms with E-state index in [-0.39, 0.29) is 5.41 Å². The molecule has 7 aromatic carbocycles. The van der Waals surface area contributed by atoms with Gasteiger partial charge in [-0.15, -0.1) is 0 Å². The number of allylic oxidation sites excluding steroid dienone is 8. The van der Waals surface area contributed by atoms with Crippen LogP contribution in [0.5, 0.6) is 0 Å². The van der Waals surface area contributed by atoms with Gasteiger partial charge >= 0.3 is 0 Å². The predicted molar refractivity (Wildman–Crippen MR) is 241 cm³/mol. The number of nitrogens with zero attached hydrogens (tertiary/aromatic N) is 2. The third-order valence-electron chi connectivity index (χ3n) is 12.8. The molecule has 3 aliphatic rings. The van der Waals surface area contributed by atoms with Gasteiger partial charge in [0.2, 0.25) is 0 Å². The monoisotopic (exact) mass is 732 g/mol. The van der Waals surface area contributed by atoms with Crippen LogP contribution >= 0.6 is 0 Å². The second-order valence-corrected chi connectivity index (χ2v) is 16.5. The standard InChI is InChI=1S/C55H44N2/c1-55(2)51-24-10-8-22-47(51)49-36-46(29-30-52(49)55)56(45-28-26-37-14-6-7-15-40(37)33-45)44-21-13-18-41(34-44)38-16-12-17-39(32-38)42-27-31-54-50(35-42)48-23-9-11-25-53(48)57(54)43-19-4-3-5-20-43/h3-12,14-20,22-31,33-36,38H,13,21,32H2,1-2H3. The van der Waals surface area contributed by atoms with Crippen LogP contribution in [-0.2, 0) is 5.41 Å². The van der Waals surface area contributed by atoms with Crippen LogP contribution < -0.4 is 4.90 Å². The largest absolute Gasteiger partial charge is 0.314 e. The van der Waals surface area contributed by atoms with Gasteiger partial charge in [-0.3, -0.25) is 0 Å². The van der Waals surface area contributed by atoms with Crippen molar-refractivity contribution in [2.45, 2.75) is 38.5 Å². The van der Waals surface area contributed by atoms with Crippen LogP contribution in [0.15, 0.2) is 199 Å². The van der Waals surface area contributed by atoms with Gasteiger partial charge in [-0.2, -0.15) is 0 Å². The van der Waals surface area contributed by atoms with E-state index in [2.05, 4.69) is 211 Å². The van der Waals surface area contributed by atoms with Gasteiger partial charge in [-0.1, -0.05) is 141 Å². The Hall–Kier alpha value is -6.64. The normalized spacial score (nSPS) is 16.9. The van der Waals surface area contributed by atoms with E-state index < -0.39 is 0 Å². The van der Waals surface area contributed by atoms with Crippen molar-refractivity contribution in [2.75, 3.05) is 4.90 Å². The molecule has 1 aromatic heterocycles. The first-order chi connectivity index (χ1) is 28.0. The number of rotatable bonds is 6. The van der Waals surface area contributed by atoms with Gasteiger partial charge in [-0.05, 0) is 130 Å². The Morgan fingerprint density at radius 1 is 0.614 bits per heavy atom. The number of benzene rings is 7. The number of para-hydroxylation sites is 2. The lowest BCUT2D eigenvalue weighted by molar-refractivity contribution is 0.660. The van der Waals surface area contributed by atoms with Crippen LogP contribution in [0.3, 0.4) is 0 Å². The van der Waals surface area contributed by atoms with Crippen LogP contribution in [0, 0.1) is 5.92 Å². The fraction of sp³-hybridized carbons (Fsp3) is 0.127. The molecule has 2 nitrogen and oxygen atoms in total. The Morgan fingerprint density at radius 3 is 2.26 bits per heavy atom. The minimum Gasteiger partial charge on any atom is -0.314 e. The van der Waals surface area contributed by atoms with E-state index in [9.17, 15) is 0 Å². The molecule has 0 amide bonds. The molecular weight excluding hydrogens is 689 g/mol. The first kappa shape index (κ1) is 33.7. The molecule has 1 heterocycles. The lowest BCUT2D eigenvalue weighted by atomic mass is 9.82. The Balaban J connectivity index is 0.961. The third kappa shape index (κ3) is 5.54. The fourth-order valence-corrected chi connectivity index (χ4v) is 9.94. The average Bonchev–Trinajstić information content (AvgIpc) is 3.72. The molecule has 57 heavy (non-hydrogen) atoms. The second kappa shape index (κ2) is 13.2. The molecular formula is C55H44N2. The summed E-state index contributed by atoms with van der Waals surface area (Å²) in [5, 5.41) is 5.10. The summed E-state index contributed by atoms with van der Waals surface area (Å²) in [5.41, 5.74) is 17.0. The van der Waals surface area contributed by atoms with Crippen molar-refractivity contribution in [3.8, 4) is 16.8 Å². The maximum atomic E-state index is 2.54. The highest BCUT2D eigenvalue weighted by molar-refractivity contribution is 6.10. The van der Waals surface area contributed by atoms with Crippen LogP contribution in [0.2, 0.25) is 0 Å². The average molecular weight is 733 g/mol. The van der Waals surface area contributed by atoms with E-state index >= 15 is 0 Å². The van der Waals surface area contributed by atoms with Gasteiger partial charge in [0.1, 0.15) is 0 Å². The summed E-state index contributed by atoms with van der Waals surface area (Å²) in [7, 11) is 0. The zero-order valence-electron chi connectivity index (χ0n) is 32.5. The first-order valence-corrected chi connectivity index (χ1v) is 20.4. The Bertz CT molecular complexity index is 3020. The second-order valence-electron chi connectivity index (χ2n) is 16.5. The maximum absolute atomic E-state index is 2.54. The molecule has 0 saturated heterocycles. The third-order valence-corrected chi connectivity index (χ3v) is 12.8. The summed E-state index contributed by atoms with van der Waals surface area (Å²) in [6, 6.07) is 58.4. The highest BCUT2D eigenvalue weighted by atomic mass is 15.1. The Morgan fingerprint density at radius 2 is 1.35 bits per heavy atom. The van der Waals surface area contributed by atoms with E-state index in [1.54, 1.807) is 0 Å². The zero-order valence-corrected chi connectivity index (χ0v) is 32.5. The van der Waals surface area contributed by atoms with Crippen LogP contribution in [0.25, 0.3) is 55.0 Å². The summed E-state index contributed by atoms with van der Waals surface area (Å²) in [6.07, 6.45) is 15.0. The van der Waals surface area contributed by atoms with E-state index in [0.717, 1.165) is 19.3 Å². The van der Waals surface area contributed by atoms with E-state index in [4.69, 9.17) is 0 Å². The van der Waals surface area contributed by atoms with Crippen LogP contribution in [-0.4, -0.2) is 4.57 Å². The molecule has 0 N–H and O–H groups in total. The molecule has 274 valence electrons. The Labute approximate surface area is 335 Å². The summed E-state index contributed by atoms with van der Waals surface area (Å²) >= 11 is 0. The summed E-state index contributed by atoms with van der Waals surface area (Å²) in [5.74, 6) is 0.299. The zero-order chi connectivity index (χ0) is 38.1. The number of hydrogen-bond acceptors (Lipinski definition) is 1. The van der Waals surface area contributed by atoms with Crippen molar-refractivity contribution < 1.29 is 0 Å². The van der Waals surface area contributed by atoms with Crippen molar-refractivity contribution in [2.24, 2.45) is 5.92 Å². The molecule has 3 aliphatic carbocycles. The fourth-order valence-electron chi connectivity index (χ4n) is 9.94. The minimum atomic E-state index is -0.0275. The molecule has 1 atom stereocenters. The SMILES string of the molecule is CC1(C)c2ccccc2-c2cc(N(C3=CC(C4C=CC=C(c5ccc6c(c5)c5ccccc5n6-c5ccccc5)C4)=CCC3)c3ccc4ccccc4c3)ccc21. The minimum absolute atomic E-state index is 0.0275. The van der Waals surface area contributed by atoms with Gasteiger partial charge < -0.3 is 9.47 Å². The molecule has 0 fully saturated rings. The number of anilines is 2. The van der Waals surface area contributed by atoms with Crippen LogP contribution in [0.1, 0.15) is 49.8 Å². The van der Waals surface area contributed by atoms with Crippen molar-refractivity contribution in [3.05, 3.63) is 216 Å². The van der Waals surface area contributed by atoms with E-state index in [0.29, 0.717) is 5.92 Å². The van der Waals surface area contributed by atoms with Crippen LogP contribution in [0.4, 0.5) is 11.4 Å². The number of fused-ring (bicyclic) bond motifs is 7. The lowest BCUT2D eigenvalue weighted by Gasteiger charge is -2.32. The summed E-state index contributed by atoms with van der Waals surface area (Å²) in [4.78, 5) is 2.54. The first-order valence-electron chi connectivity index (χ1n) is 20.4. The molecule has 0 radical (unpaired) electrons. The summed E-state index contributed by atoms with van der Waals surface area (Å²) < 4.78 is 2.40. The van der Waals surface area contributed by atoms with Gasteiger partial charge in [0.15, 0.2) is 0 Å². The topological polar surface area (TPSA) is 8.17 Å². The summed E-state index contributed by atoms with van der Waals surface area (Å²) in [6.45, 7) is 4.72. The molecule has 11 rings (SSSR count). The van der Waals surface area contributed by atoms with E-state index in [1.165, 1.54) is 94.3 Å². The predicted octanol–water partition coefficient (Wildman–Crippen LogP) is 14.6.